The van der Waals surface area contributed by atoms with Gasteiger partial charge in [-0.1, -0.05) is 47.7 Å². The van der Waals surface area contributed by atoms with E-state index in [2.05, 4.69) is 15.6 Å². The number of imidazole rings is 1. The SMILES string of the molecule is COc1ccc(CCNC(=O)CSc2ncc(CO)n2CC(=O)NCc2ccc(C)cc2)cc1OC. The van der Waals surface area contributed by atoms with Crippen LogP contribution in [0.3, 0.4) is 0 Å². The standard InChI is InChI=1S/C26H32N4O5S/c1-18-4-6-20(7-5-18)13-28-24(32)15-30-21(16-31)14-29-26(30)36-17-25(33)27-11-10-19-8-9-22(34-2)23(12-19)35-3/h4-9,12,14,31H,10-11,13,15-17H2,1-3H3,(H,27,33)(H,28,32). The van der Waals surface area contributed by atoms with Crippen molar-refractivity contribution in [1.29, 1.82) is 0 Å². The summed E-state index contributed by atoms with van der Waals surface area (Å²) < 4.78 is 12.2. The minimum atomic E-state index is -0.254. The first kappa shape index (κ1) is 27.1. The second-order valence-corrected chi connectivity index (χ2v) is 9.06. The fourth-order valence-corrected chi connectivity index (χ4v) is 4.30. The van der Waals surface area contributed by atoms with Crippen LogP contribution in [-0.4, -0.2) is 53.0 Å². The molecule has 0 aliphatic rings. The zero-order valence-corrected chi connectivity index (χ0v) is 21.6. The quantitative estimate of drug-likeness (QED) is 0.302. The van der Waals surface area contributed by atoms with Crippen LogP contribution in [0.4, 0.5) is 0 Å². The van der Waals surface area contributed by atoms with E-state index in [9.17, 15) is 14.7 Å². The molecule has 0 unspecified atom stereocenters. The molecule has 0 radical (unpaired) electrons. The third kappa shape index (κ3) is 7.76. The molecule has 9 nitrogen and oxygen atoms in total. The summed E-state index contributed by atoms with van der Waals surface area (Å²) >= 11 is 1.22. The second kappa shape index (κ2) is 13.6. The lowest BCUT2D eigenvalue weighted by Gasteiger charge is -2.12. The van der Waals surface area contributed by atoms with Crippen LogP contribution in [-0.2, 0) is 35.7 Å². The Morgan fingerprint density at radius 2 is 1.72 bits per heavy atom. The van der Waals surface area contributed by atoms with Crippen molar-refractivity contribution in [2.45, 2.75) is 38.2 Å². The topological polar surface area (TPSA) is 115 Å². The molecule has 0 saturated carbocycles. The molecule has 3 aromatic rings. The number of benzene rings is 2. The normalized spacial score (nSPS) is 10.7. The summed E-state index contributed by atoms with van der Waals surface area (Å²) in [5.41, 5.74) is 3.68. The van der Waals surface area contributed by atoms with Gasteiger partial charge in [-0.05, 0) is 36.6 Å². The van der Waals surface area contributed by atoms with Crippen molar-refractivity contribution in [3.05, 3.63) is 71.0 Å². The molecule has 2 amide bonds. The number of thioether (sulfide) groups is 1. The van der Waals surface area contributed by atoms with Crippen LogP contribution in [0.15, 0.2) is 53.8 Å². The maximum atomic E-state index is 12.5. The van der Waals surface area contributed by atoms with E-state index in [4.69, 9.17) is 9.47 Å². The third-order valence-corrected chi connectivity index (χ3v) is 6.48. The molecule has 0 bridgehead atoms. The molecule has 36 heavy (non-hydrogen) atoms. The highest BCUT2D eigenvalue weighted by atomic mass is 32.2. The van der Waals surface area contributed by atoms with Gasteiger partial charge in [0, 0.05) is 13.1 Å². The van der Waals surface area contributed by atoms with Gasteiger partial charge in [-0.3, -0.25) is 9.59 Å². The number of hydrogen-bond donors (Lipinski definition) is 3. The van der Waals surface area contributed by atoms with Gasteiger partial charge in [-0.25, -0.2) is 4.98 Å². The average Bonchev–Trinajstić information content (AvgIpc) is 3.28. The smallest absolute Gasteiger partial charge is 0.240 e. The number of aliphatic hydroxyl groups excluding tert-OH is 1. The number of amides is 2. The lowest BCUT2D eigenvalue weighted by molar-refractivity contribution is -0.122. The highest BCUT2D eigenvalue weighted by Crippen LogP contribution is 2.27. The molecular formula is C26H32N4O5S. The number of hydrogen-bond acceptors (Lipinski definition) is 7. The fourth-order valence-electron chi connectivity index (χ4n) is 3.47. The van der Waals surface area contributed by atoms with Crippen LogP contribution < -0.4 is 20.1 Å². The number of nitrogens with zero attached hydrogens (tertiary/aromatic N) is 2. The van der Waals surface area contributed by atoms with Gasteiger partial charge < -0.3 is 29.8 Å². The molecule has 3 N–H and O–H groups in total. The Kier molecular flexibility index (Phi) is 10.2. The molecule has 1 heterocycles. The van der Waals surface area contributed by atoms with Crippen LogP contribution >= 0.6 is 11.8 Å². The Labute approximate surface area is 215 Å². The summed E-state index contributed by atoms with van der Waals surface area (Å²) in [7, 11) is 3.17. The first-order valence-electron chi connectivity index (χ1n) is 11.5. The van der Waals surface area contributed by atoms with E-state index >= 15 is 0 Å². The Bertz CT molecular complexity index is 1160. The molecule has 0 aliphatic carbocycles. The van der Waals surface area contributed by atoms with Gasteiger partial charge in [0.25, 0.3) is 0 Å². The maximum absolute atomic E-state index is 12.5. The number of nitrogens with one attached hydrogen (secondary N) is 2. The average molecular weight is 513 g/mol. The Morgan fingerprint density at radius 3 is 2.42 bits per heavy atom. The minimum Gasteiger partial charge on any atom is -0.493 e. The van der Waals surface area contributed by atoms with Crippen molar-refractivity contribution in [2.24, 2.45) is 0 Å². The number of aliphatic hydroxyl groups is 1. The van der Waals surface area contributed by atoms with E-state index in [1.165, 1.54) is 18.0 Å². The Hall–Kier alpha value is -3.50. The Morgan fingerprint density at radius 1 is 1.00 bits per heavy atom. The van der Waals surface area contributed by atoms with Crippen molar-refractivity contribution in [3.8, 4) is 11.5 Å². The second-order valence-electron chi connectivity index (χ2n) is 8.12. The van der Waals surface area contributed by atoms with E-state index in [0.29, 0.717) is 41.9 Å². The van der Waals surface area contributed by atoms with Gasteiger partial charge >= 0.3 is 0 Å². The van der Waals surface area contributed by atoms with E-state index in [1.807, 2.05) is 49.4 Å². The summed E-state index contributed by atoms with van der Waals surface area (Å²) in [5, 5.41) is 15.9. The van der Waals surface area contributed by atoms with Crippen LogP contribution in [0.25, 0.3) is 0 Å². The Balaban J connectivity index is 1.48. The summed E-state index contributed by atoms with van der Waals surface area (Å²) in [6.07, 6.45) is 2.16. The van der Waals surface area contributed by atoms with E-state index < -0.39 is 0 Å². The molecule has 192 valence electrons. The van der Waals surface area contributed by atoms with Crippen LogP contribution in [0.2, 0.25) is 0 Å². The molecule has 0 fully saturated rings. The zero-order chi connectivity index (χ0) is 25.9. The van der Waals surface area contributed by atoms with Gasteiger partial charge in [0.05, 0.1) is 38.5 Å². The van der Waals surface area contributed by atoms with Crippen molar-refractivity contribution in [2.75, 3.05) is 26.5 Å². The third-order valence-electron chi connectivity index (χ3n) is 5.49. The van der Waals surface area contributed by atoms with Crippen molar-refractivity contribution >= 4 is 23.6 Å². The predicted octanol–water partition coefficient (Wildman–Crippen LogP) is 2.47. The largest absolute Gasteiger partial charge is 0.493 e. The first-order chi connectivity index (χ1) is 17.4. The van der Waals surface area contributed by atoms with Gasteiger partial charge in [-0.2, -0.15) is 0 Å². The monoisotopic (exact) mass is 512 g/mol. The van der Waals surface area contributed by atoms with Crippen molar-refractivity contribution in [1.82, 2.24) is 20.2 Å². The molecule has 1 aromatic heterocycles. The molecule has 3 rings (SSSR count). The summed E-state index contributed by atoms with van der Waals surface area (Å²) in [6, 6.07) is 13.6. The number of ether oxygens (including phenoxy) is 2. The number of aryl methyl sites for hydroxylation is 1. The zero-order valence-electron chi connectivity index (χ0n) is 20.7. The van der Waals surface area contributed by atoms with E-state index in [1.54, 1.807) is 18.8 Å². The van der Waals surface area contributed by atoms with Crippen molar-refractivity contribution < 1.29 is 24.2 Å². The predicted molar refractivity (Wildman–Crippen MR) is 138 cm³/mol. The highest BCUT2D eigenvalue weighted by Gasteiger charge is 2.15. The fraction of sp³-hybridized carbons (Fsp3) is 0.346. The van der Waals surface area contributed by atoms with Crippen molar-refractivity contribution in [3.63, 3.8) is 0 Å². The lowest BCUT2D eigenvalue weighted by Crippen LogP contribution is -2.29. The number of carbonyl (C=O) groups excluding carboxylic acids is 2. The molecular weight excluding hydrogens is 480 g/mol. The number of aromatic nitrogens is 2. The summed E-state index contributed by atoms with van der Waals surface area (Å²) in [5.74, 6) is 1.09. The summed E-state index contributed by atoms with van der Waals surface area (Å²) in [4.78, 5) is 29.2. The van der Waals surface area contributed by atoms with Crippen LogP contribution in [0.1, 0.15) is 22.4 Å². The van der Waals surface area contributed by atoms with Gasteiger partial charge in [0.1, 0.15) is 6.54 Å². The van der Waals surface area contributed by atoms with E-state index in [-0.39, 0.29) is 30.7 Å². The van der Waals surface area contributed by atoms with Gasteiger partial charge in [0.15, 0.2) is 16.7 Å². The first-order valence-corrected chi connectivity index (χ1v) is 12.5. The molecule has 0 aliphatic heterocycles. The maximum Gasteiger partial charge on any atom is 0.240 e. The van der Waals surface area contributed by atoms with E-state index in [0.717, 1.165) is 16.7 Å². The molecule has 0 saturated heterocycles. The molecule has 0 atom stereocenters. The lowest BCUT2D eigenvalue weighted by atomic mass is 10.1. The number of rotatable bonds is 13. The highest BCUT2D eigenvalue weighted by molar-refractivity contribution is 7.99. The molecule has 2 aromatic carbocycles. The van der Waals surface area contributed by atoms with Gasteiger partial charge in [0.2, 0.25) is 11.8 Å². The van der Waals surface area contributed by atoms with Gasteiger partial charge in [-0.15, -0.1) is 0 Å². The molecule has 10 heteroatoms. The number of carbonyl (C=O) groups is 2. The molecule has 0 spiro atoms. The minimum absolute atomic E-state index is 0.00497. The summed E-state index contributed by atoms with van der Waals surface area (Å²) in [6.45, 7) is 2.64. The van der Waals surface area contributed by atoms with Crippen LogP contribution in [0.5, 0.6) is 11.5 Å². The number of methoxy groups -OCH3 is 2. The van der Waals surface area contributed by atoms with Crippen LogP contribution in [0, 0.1) is 6.92 Å².